The lowest BCUT2D eigenvalue weighted by atomic mass is 10.0. The maximum atomic E-state index is 12.8. The van der Waals surface area contributed by atoms with Crippen molar-refractivity contribution in [1.29, 1.82) is 0 Å². The summed E-state index contributed by atoms with van der Waals surface area (Å²) < 4.78 is 12.8. The Kier molecular flexibility index (Phi) is 5.69. The molecule has 0 spiro atoms. The van der Waals surface area contributed by atoms with Gasteiger partial charge < -0.3 is 10.8 Å². The highest BCUT2D eigenvalue weighted by Crippen LogP contribution is 2.16. The van der Waals surface area contributed by atoms with Crippen LogP contribution in [0.3, 0.4) is 0 Å². The number of aliphatic hydroxyl groups is 1. The minimum atomic E-state index is -0.609. The van der Waals surface area contributed by atoms with Gasteiger partial charge >= 0.3 is 0 Å². The van der Waals surface area contributed by atoms with Gasteiger partial charge in [-0.3, -0.25) is 0 Å². The van der Waals surface area contributed by atoms with Crippen LogP contribution in [-0.4, -0.2) is 11.2 Å². The molecule has 0 amide bonds. The molecule has 0 unspecified atom stereocenters. The lowest BCUT2D eigenvalue weighted by molar-refractivity contribution is 0.140. The molecular weight excluding hydrogens is 205 g/mol. The number of rotatable bonds is 3. The molecule has 80 valence electrons. The number of aliphatic hydroxyl groups excluding tert-OH is 1. The van der Waals surface area contributed by atoms with Crippen molar-refractivity contribution in [3.05, 3.63) is 35.6 Å². The van der Waals surface area contributed by atoms with E-state index in [1.807, 2.05) is 6.92 Å². The van der Waals surface area contributed by atoms with E-state index in [1.165, 1.54) is 12.1 Å². The summed E-state index contributed by atoms with van der Waals surface area (Å²) in [6.07, 6.45) is -0.0423. The summed E-state index contributed by atoms with van der Waals surface area (Å²) in [5.41, 5.74) is 6.33. The Balaban J connectivity index is 0.00000169. The molecule has 0 saturated carbocycles. The highest BCUT2D eigenvalue weighted by atomic mass is 35.5. The minimum absolute atomic E-state index is 0. The molecule has 1 rings (SSSR count). The molecule has 3 N–H and O–H groups in total. The van der Waals surface area contributed by atoms with E-state index >= 15 is 0 Å². The van der Waals surface area contributed by atoms with Crippen molar-refractivity contribution < 1.29 is 9.50 Å². The molecule has 0 saturated heterocycles. The van der Waals surface area contributed by atoms with Crippen molar-refractivity contribution in [3.8, 4) is 0 Å². The van der Waals surface area contributed by atoms with Crippen LogP contribution in [0.25, 0.3) is 0 Å². The van der Waals surface area contributed by atoms with Crippen molar-refractivity contribution in [2.45, 2.75) is 25.5 Å². The molecule has 14 heavy (non-hydrogen) atoms. The standard InChI is InChI=1S/C10H14FNO.ClH/c1-2-9(13)10(12)7-4-3-5-8(11)6-7;/h3-6,9-10,13H,2,12H2,1H3;1H/t9-,10+;/m1./s1. The molecule has 2 nitrogen and oxygen atoms in total. The Bertz CT molecular complexity index is 283. The van der Waals surface area contributed by atoms with Crippen LogP contribution in [0.4, 0.5) is 4.39 Å². The summed E-state index contributed by atoms with van der Waals surface area (Å²) in [5.74, 6) is -0.323. The Morgan fingerprint density at radius 2 is 2.14 bits per heavy atom. The molecule has 0 bridgehead atoms. The lowest BCUT2D eigenvalue weighted by Gasteiger charge is -2.17. The van der Waals surface area contributed by atoms with Gasteiger partial charge in [0.1, 0.15) is 5.82 Å². The van der Waals surface area contributed by atoms with Gasteiger partial charge in [-0.15, -0.1) is 12.4 Å². The van der Waals surface area contributed by atoms with E-state index in [1.54, 1.807) is 12.1 Å². The van der Waals surface area contributed by atoms with Crippen LogP contribution in [0.15, 0.2) is 24.3 Å². The second-order valence-electron chi connectivity index (χ2n) is 3.06. The zero-order valence-corrected chi connectivity index (χ0v) is 8.80. The van der Waals surface area contributed by atoms with Crippen LogP contribution in [0.1, 0.15) is 24.9 Å². The smallest absolute Gasteiger partial charge is 0.123 e. The summed E-state index contributed by atoms with van der Waals surface area (Å²) >= 11 is 0. The number of nitrogens with two attached hydrogens (primary N) is 1. The van der Waals surface area contributed by atoms with Crippen LogP contribution >= 0.6 is 12.4 Å². The SMILES string of the molecule is CC[C@@H](O)[C@@H](N)c1cccc(F)c1.Cl. The first kappa shape index (κ1) is 13.4. The summed E-state index contributed by atoms with van der Waals surface area (Å²) in [4.78, 5) is 0. The Hall–Kier alpha value is -0.640. The van der Waals surface area contributed by atoms with Crippen molar-refractivity contribution >= 4 is 12.4 Å². The van der Waals surface area contributed by atoms with Gasteiger partial charge in [0.15, 0.2) is 0 Å². The van der Waals surface area contributed by atoms with Gasteiger partial charge in [0.25, 0.3) is 0 Å². The number of hydrogen-bond acceptors (Lipinski definition) is 2. The third-order valence-electron chi connectivity index (χ3n) is 2.07. The van der Waals surface area contributed by atoms with E-state index in [0.717, 1.165) is 0 Å². The summed E-state index contributed by atoms with van der Waals surface area (Å²) in [6, 6.07) is 5.51. The molecule has 2 atom stereocenters. The normalized spacial score (nSPS) is 14.3. The third kappa shape index (κ3) is 3.25. The Morgan fingerprint density at radius 1 is 1.50 bits per heavy atom. The maximum Gasteiger partial charge on any atom is 0.123 e. The van der Waals surface area contributed by atoms with Gasteiger partial charge in [-0.05, 0) is 24.1 Å². The van der Waals surface area contributed by atoms with E-state index < -0.39 is 12.1 Å². The van der Waals surface area contributed by atoms with Gasteiger partial charge in [0, 0.05) is 0 Å². The molecule has 4 heteroatoms. The van der Waals surface area contributed by atoms with Crippen molar-refractivity contribution in [2.24, 2.45) is 5.73 Å². The van der Waals surface area contributed by atoms with Crippen LogP contribution in [0.2, 0.25) is 0 Å². The molecule has 0 aromatic heterocycles. The number of benzene rings is 1. The summed E-state index contributed by atoms with van der Waals surface area (Å²) in [5, 5.41) is 9.42. The van der Waals surface area contributed by atoms with E-state index in [-0.39, 0.29) is 18.2 Å². The Labute approximate surface area is 89.3 Å². The molecule has 0 aliphatic carbocycles. The third-order valence-corrected chi connectivity index (χ3v) is 2.07. The van der Waals surface area contributed by atoms with Crippen molar-refractivity contribution in [1.82, 2.24) is 0 Å². The maximum absolute atomic E-state index is 12.8. The quantitative estimate of drug-likeness (QED) is 0.817. The van der Waals surface area contributed by atoms with Crippen LogP contribution in [0.5, 0.6) is 0 Å². The fraction of sp³-hybridized carbons (Fsp3) is 0.400. The summed E-state index contributed by atoms with van der Waals surface area (Å²) in [6.45, 7) is 1.84. The van der Waals surface area contributed by atoms with Crippen LogP contribution in [0, 0.1) is 5.82 Å². The second-order valence-corrected chi connectivity index (χ2v) is 3.06. The lowest BCUT2D eigenvalue weighted by Crippen LogP contribution is -2.25. The first-order chi connectivity index (χ1) is 6.15. The van der Waals surface area contributed by atoms with E-state index in [2.05, 4.69) is 0 Å². The van der Waals surface area contributed by atoms with Gasteiger partial charge in [0.2, 0.25) is 0 Å². The number of halogens is 2. The summed E-state index contributed by atoms with van der Waals surface area (Å²) in [7, 11) is 0. The molecule has 0 aliphatic heterocycles. The van der Waals surface area contributed by atoms with E-state index in [4.69, 9.17) is 5.73 Å². The molecule has 0 radical (unpaired) electrons. The monoisotopic (exact) mass is 219 g/mol. The predicted molar refractivity (Wildman–Crippen MR) is 56.9 cm³/mol. The molecule has 1 aromatic carbocycles. The second kappa shape index (κ2) is 5.96. The molecule has 0 aliphatic rings. The van der Waals surface area contributed by atoms with Crippen LogP contribution < -0.4 is 5.73 Å². The molecule has 1 aromatic rings. The van der Waals surface area contributed by atoms with Crippen molar-refractivity contribution in [2.75, 3.05) is 0 Å². The predicted octanol–water partition coefficient (Wildman–Crippen LogP) is 2.02. The van der Waals surface area contributed by atoms with Gasteiger partial charge in [-0.1, -0.05) is 19.1 Å². The Morgan fingerprint density at radius 3 is 2.64 bits per heavy atom. The van der Waals surface area contributed by atoms with Crippen molar-refractivity contribution in [3.63, 3.8) is 0 Å². The zero-order chi connectivity index (χ0) is 9.84. The highest BCUT2D eigenvalue weighted by molar-refractivity contribution is 5.85. The van der Waals surface area contributed by atoms with E-state index in [9.17, 15) is 9.50 Å². The van der Waals surface area contributed by atoms with E-state index in [0.29, 0.717) is 12.0 Å². The molecule has 0 fully saturated rings. The van der Waals surface area contributed by atoms with Crippen LogP contribution in [-0.2, 0) is 0 Å². The molecular formula is C10H15ClFNO. The average Bonchev–Trinajstić information content (AvgIpc) is 2.15. The van der Waals surface area contributed by atoms with Gasteiger partial charge in [-0.2, -0.15) is 0 Å². The zero-order valence-electron chi connectivity index (χ0n) is 7.98. The largest absolute Gasteiger partial charge is 0.391 e. The number of hydrogen-bond donors (Lipinski definition) is 2. The average molecular weight is 220 g/mol. The fourth-order valence-corrected chi connectivity index (χ4v) is 1.19. The highest BCUT2D eigenvalue weighted by Gasteiger charge is 2.14. The first-order valence-corrected chi connectivity index (χ1v) is 4.34. The first-order valence-electron chi connectivity index (χ1n) is 4.34. The van der Waals surface area contributed by atoms with Gasteiger partial charge in [-0.25, -0.2) is 4.39 Å². The molecule has 0 heterocycles. The fourth-order valence-electron chi connectivity index (χ4n) is 1.19. The topological polar surface area (TPSA) is 46.2 Å². The van der Waals surface area contributed by atoms with Gasteiger partial charge in [0.05, 0.1) is 12.1 Å². The minimum Gasteiger partial charge on any atom is -0.391 e.